The minimum absolute atomic E-state index is 0. The number of nitrogens with zero attached hydrogens (tertiary/aromatic N) is 2. The molecule has 2 N–H and O–H groups in total. The lowest BCUT2D eigenvalue weighted by atomic mass is 9.89. The molecule has 1 aliphatic rings. The maximum atomic E-state index is 6.06. The summed E-state index contributed by atoms with van der Waals surface area (Å²) in [6.45, 7) is 2.33. The molecule has 2 heterocycles. The Morgan fingerprint density at radius 3 is 2.69 bits per heavy atom. The number of aromatic nitrogens is 1. The lowest BCUT2D eigenvalue weighted by Gasteiger charge is -2.32. The Labute approximate surface area is 172 Å². The predicted molar refractivity (Wildman–Crippen MR) is 116 cm³/mol. The highest BCUT2D eigenvalue weighted by molar-refractivity contribution is 14.0. The summed E-state index contributed by atoms with van der Waals surface area (Å²) in [6.07, 6.45) is 4.22. The van der Waals surface area contributed by atoms with Crippen LogP contribution in [0.25, 0.3) is 0 Å². The van der Waals surface area contributed by atoms with E-state index in [0.717, 1.165) is 37.6 Å². The van der Waals surface area contributed by atoms with Crippen LogP contribution in [-0.2, 0) is 11.3 Å². The first kappa shape index (κ1) is 20.6. The van der Waals surface area contributed by atoms with Gasteiger partial charge in [0.1, 0.15) is 0 Å². The fraction of sp³-hybridized carbons (Fsp3) is 0.400. The highest BCUT2D eigenvalue weighted by atomic mass is 127. The standard InChI is InChI=1S/C20H26N4O.HI/c1-21-20(24-15-18-11-5-6-12-22-18)23-14-17-10-7-13-25-19(17)16-8-3-2-4-9-16;/h2-6,8-9,11-12,17,19H,7,10,13-15H2,1H3,(H2,21,23,24);1H. The molecule has 0 spiro atoms. The Bertz CT molecular complexity index is 666. The summed E-state index contributed by atoms with van der Waals surface area (Å²) in [6, 6.07) is 16.4. The lowest BCUT2D eigenvalue weighted by molar-refractivity contribution is -0.0265. The second-order valence-corrected chi connectivity index (χ2v) is 6.23. The van der Waals surface area contributed by atoms with Gasteiger partial charge in [-0.05, 0) is 30.5 Å². The predicted octanol–water partition coefficient (Wildman–Crippen LogP) is 3.53. The topological polar surface area (TPSA) is 58.5 Å². The molecule has 1 fully saturated rings. The summed E-state index contributed by atoms with van der Waals surface area (Å²) in [5.74, 6) is 1.23. The largest absolute Gasteiger partial charge is 0.373 e. The van der Waals surface area contributed by atoms with Gasteiger partial charge in [-0.25, -0.2) is 0 Å². The number of aliphatic imine (C=N–C) groups is 1. The van der Waals surface area contributed by atoms with E-state index in [-0.39, 0.29) is 30.1 Å². The third-order valence-electron chi connectivity index (χ3n) is 4.49. The van der Waals surface area contributed by atoms with Gasteiger partial charge in [0.25, 0.3) is 0 Å². The Morgan fingerprint density at radius 1 is 1.15 bits per heavy atom. The number of hydrogen-bond acceptors (Lipinski definition) is 3. The van der Waals surface area contributed by atoms with Crippen LogP contribution in [0.15, 0.2) is 59.7 Å². The van der Waals surface area contributed by atoms with Crippen LogP contribution in [0, 0.1) is 5.92 Å². The Kier molecular flexibility index (Phi) is 8.84. The molecule has 2 aromatic rings. The number of rotatable bonds is 5. The van der Waals surface area contributed by atoms with Crippen molar-refractivity contribution in [2.75, 3.05) is 20.2 Å². The molecule has 26 heavy (non-hydrogen) atoms. The highest BCUT2D eigenvalue weighted by Crippen LogP contribution is 2.32. The van der Waals surface area contributed by atoms with E-state index in [1.807, 2.05) is 24.3 Å². The molecule has 0 radical (unpaired) electrons. The number of halogens is 1. The van der Waals surface area contributed by atoms with E-state index in [0.29, 0.717) is 12.5 Å². The lowest BCUT2D eigenvalue weighted by Crippen LogP contribution is -2.41. The van der Waals surface area contributed by atoms with E-state index >= 15 is 0 Å². The number of nitrogens with one attached hydrogen (secondary N) is 2. The van der Waals surface area contributed by atoms with Gasteiger partial charge in [0.05, 0.1) is 18.3 Å². The van der Waals surface area contributed by atoms with Gasteiger partial charge >= 0.3 is 0 Å². The third-order valence-corrected chi connectivity index (χ3v) is 4.49. The summed E-state index contributed by atoms with van der Waals surface area (Å²) in [7, 11) is 1.79. The van der Waals surface area contributed by atoms with Crippen LogP contribution in [0.4, 0.5) is 0 Å². The fourth-order valence-corrected chi connectivity index (χ4v) is 3.19. The van der Waals surface area contributed by atoms with Crippen LogP contribution in [0.1, 0.15) is 30.2 Å². The molecule has 1 aromatic carbocycles. The Balaban J connectivity index is 0.00000243. The number of ether oxygens (including phenoxy) is 1. The van der Waals surface area contributed by atoms with E-state index in [2.05, 4.69) is 44.9 Å². The Hall–Kier alpha value is -1.67. The van der Waals surface area contributed by atoms with Crippen molar-refractivity contribution in [3.05, 3.63) is 66.0 Å². The normalized spacial score (nSPS) is 20.1. The van der Waals surface area contributed by atoms with E-state index in [1.165, 1.54) is 5.56 Å². The highest BCUT2D eigenvalue weighted by Gasteiger charge is 2.27. The maximum Gasteiger partial charge on any atom is 0.191 e. The van der Waals surface area contributed by atoms with E-state index in [1.54, 1.807) is 13.2 Å². The fourth-order valence-electron chi connectivity index (χ4n) is 3.19. The second-order valence-electron chi connectivity index (χ2n) is 6.23. The van der Waals surface area contributed by atoms with E-state index < -0.39 is 0 Å². The molecule has 1 aromatic heterocycles. The summed E-state index contributed by atoms with van der Waals surface area (Å²) >= 11 is 0. The molecule has 0 saturated carbocycles. The molecular formula is C20H27IN4O. The van der Waals surface area contributed by atoms with Gasteiger partial charge in [0.2, 0.25) is 0 Å². The van der Waals surface area contributed by atoms with Gasteiger partial charge in [-0.2, -0.15) is 0 Å². The first-order valence-electron chi connectivity index (χ1n) is 8.88. The smallest absolute Gasteiger partial charge is 0.191 e. The molecule has 0 aliphatic carbocycles. The molecule has 6 heteroatoms. The van der Waals surface area contributed by atoms with Gasteiger partial charge in [-0.1, -0.05) is 36.4 Å². The van der Waals surface area contributed by atoms with Crippen LogP contribution in [0.2, 0.25) is 0 Å². The van der Waals surface area contributed by atoms with Crippen molar-refractivity contribution in [3.8, 4) is 0 Å². The van der Waals surface area contributed by atoms with Crippen molar-refractivity contribution < 1.29 is 4.74 Å². The minimum Gasteiger partial charge on any atom is -0.373 e. The third kappa shape index (κ3) is 5.95. The average Bonchev–Trinajstić information content (AvgIpc) is 2.70. The van der Waals surface area contributed by atoms with Gasteiger partial charge < -0.3 is 15.4 Å². The van der Waals surface area contributed by atoms with Crippen molar-refractivity contribution in [3.63, 3.8) is 0 Å². The number of pyridine rings is 1. The molecule has 1 aliphatic heterocycles. The van der Waals surface area contributed by atoms with Gasteiger partial charge in [-0.15, -0.1) is 24.0 Å². The number of guanidine groups is 1. The SMILES string of the molecule is CN=C(NCc1ccccn1)NCC1CCCOC1c1ccccc1.I. The molecule has 0 bridgehead atoms. The zero-order valence-corrected chi connectivity index (χ0v) is 17.4. The first-order valence-corrected chi connectivity index (χ1v) is 8.88. The molecule has 5 nitrogen and oxygen atoms in total. The summed E-state index contributed by atoms with van der Waals surface area (Å²) in [5, 5.41) is 6.76. The number of benzene rings is 1. The van der Waals surface area contributed by atoms with Crippen molar-refractivity contribution in [2.24, 2.45) is 10.9 Å². The van der Waals surface area contributed by atoms with Crippen LogP contribution in [-0.4, -0.2) is 31.1 Å². The number of hydrogen-bond donors (Lipinski definition) is 2. The zero-order chi connectivity index (χ0) is 17.3. The molecule has 2 unspecified atom stereocenters. The summed E-state index contributed by atoms with van der Waals surface area (Å²) in [5.41, 5.74) is 2.25. The average molecular weight is 466 g/mol. The molecule has 3 rings (SSSR count). The van der Waals surface area contributed by atoms with Gasteiger partial charge in [-0.3, -0.25) is 9.98 Å². The van der Waals surface area contributed by atoms with E-state index in [4.69, 9.17) is 4.74 Å². The zero-order valence-electron chi connectivity index (χ0n) is 15.1. The van der Waals surface area contributed by atoms with E-state index in [9.17, 15) is 0 Å². The second kappa shape index (κ2) is 11.1. The quantitative estimate of drug-likeness (QED) is 0.402. The molecular weight excluding hydrogens is 439 g/mol. The summed E-state index contributed by atoms with van der Waals surface area (Å²) in [4.78, 5) is 8.63. The first-order chi connectivity index (χ1) is 12.4. The minimum atomic E-state index is 0. The van der Waals surface area contributed by atoms with Crippen LogP contribution < -0.4 is 10.6 Å². The molecule has 0 amide bonds. The Morgan fingerprint density at radius 2 is 1.96 bits per heavy atom. The van der Waals surface area contributed by atoms with Gasteiger partial charge in [0.15, 0.2) is 5.96 Å². The van der Waals surface area contributed by atoms with Crippen molar-refractivity contribution in [1.29, 1.82) is 0 Å². The van der Waals surface area contributed by atoms with Crippen molar-refractivity contribution in [2.45, 2.75) is 25.5 Å². The molecule has 2 atom stereocenters. The van der Waals surface area contributed by atoms with Crippen LogP contribution in [0.3, 0.4) is 0 Å². The molecule has 140 valence electrons. The molecule has 1 saturated heterocycles. The monoisotopic (exact) mass is 466 g/mol. The van der Waals surface area contributed by atoms with Crippen molar-refractivity contribution >= 4 is 29.9 Å². The van der Waals surface area contributed by atoms with Gasteiger partial charge in [0, 0.05) is 32.3 Å². The maximum absolute atomic E-state index is 6.06. The van der Waals surface area contributed by atoms with Crippen molar-refractivity contribution in [1.82, 2.24) is 15.6 Å². The summed E-state index contributed by atoms with van der Waals surface area (Å²) < 4.78 is 6.06. The van der Waals surface area contributed by atoms with Crippen LogP contribution >= 0.6 is 24.0 Å². The van der Waals surface area contributed by atoms with Crippen LogP contribution in [0.5, 0.6) is 0 Å².